The van der Waals surface area contributed by atoms with Crippen LogP contribution >= 0.6 is 11.8 Å². The van der Waals surface area contributed by atoms with Gasteiger partial charge in [0.05, 0.1) is 7.11 Å². The lowest BCUT2D eigenvalue weighted by Gasteiger charge is -2.28. The van der Waals surface area contributed by atoms with E-state index >= 15 is 0 Å². The van der Waals surface area contributed by atoms with E-state index in [4.69, 9.17) is 4.74 Å². The van der Waals surface area contributed by atoms with E-state index in [-0.39, 0.29) is 0 Å². The van der Waals surface area contributed by atoms with Crippen LogP contribution in [-0.2, 0) is 4.79 Å². The number of nitrogens with zero attached hydrogens (tertiary/aromatic N) is 3. The number of anilines is 1. The third kappa shape index (κ3) is 3.07. The first-order chi connectivity index (χ1) is 11.3. The van der Waals surface area contributed by atoms with Crippen LogP contribution in [0.25, 0.3) is 0 Å². The molecule has 0 aliphatic carbocycles. The minimum Gasteiger partial charge on any atom is -0.497 e. The summed E-state index contributed by atoms with van der Waals surface area (Å²) in [6.07, 6.45) is 2.60. The van der Waals surface area contributed by atoms with Gasteiger partial charge in [-0.05, 0) is 49.0 Å². The topological polar surface area (TPSA) is 54.8 Å². The Kier molecular flexibility index (Phi) is 4.62. The van der Waals surface area contributed by atoms with E-state index in [2.05, 4.69) is 21.8 Å². The van der Waals surface area contributed by atoms with E-state index in [1.54, 1.807) is 13.3 Å². The summed E-state index contributed by atoms with van der Waals surface area (Å²) in [5.74, 6) is 0.806. The van der Waals surface area contributed by atoms with Crippen molar-refractivity contribution in [1.29, 1.82) is 0 Å². The Balaban J connectivity index is 1.95. The number of methoxy groups -OCH3 is 1. The largest absolute Gasteiger partial charge is 0.497 e. The number of pyridine rings is 1. The van der Waals surface area contributed by atoms with Crippen molar-refractivity contribution in [2.75, 3.05) is 18.6 Å². The van der Waals surface area contributed by atoms with Crippen molar-refractivity contribution >= 4 is 28.9 Å². The standard InChI is InChI=1S/C17H17N3O2S/c1-3-20(12-6-8-13(22-2)9-7-12)17-19-15(11-21)14-5-4-10-18-16(14)23-17/h4-11,15H,3H2,1-2H3. The molecule has 0 bridgehead atoms. The summed E-state index contributed by atoms with van der Waals surface area (Å²) in [6, 6.07) is 11.0. The summed E-state index contributed by atoms with van der Waals surface area (Å²) < 4.78 is 5.20. The van der Waals surface area contributed by atoms with Crippen molar-refractivity contribution in [1.82, 2.24) is 4.98 Å². The Labute approximate surface area is 139 Å². The van der Waals surface area contributed by atoms with Crippen molar-refractivity contribution in [2.45, 2.75) is 18.0 Å². The van der Waals surface area contributed by atoms with Crippen LogP contribution in [-0.4, -0.2) is 30.1 Å². The van der Waals surface area contributed by atoms with Crippen LogP contribution in [0, 0.1) is 0 Å². The first-order valence-corrected chi connectivity index (χ1v) is 8.16. The number of amidine groups is 1. The average Bonchev–Trinajstić information content (AvgIpc) is 2.62. The molecule has 0 saturated heterocycles. The highest BCUT2D eigenvalue weighted by atomic mass is 32.2. The Bertz CT molecular complexity index is 731. The van der Waals surface area contributed by atoms with E-state index in [1.165, 1.54) is 11.8 Å². The molecule has 5 nitrogen and oxygen atoms in total. The molecular formula is C17H17N3O2S. The van der Waals surface area contributed by atoms with Gasteiger partial charge >= 0.3 is 0 Å². The number of carbonyl (C=O) groups excluding carboxylic acids is 1. The summed E-state index contributed by atoms with van der Waals surface area (Å²) in [7, 11) is 1.64. The lowest BCUT2D eigenvalue weighted by molar-refractivity contribution is -0.109. The van der Waals surface area contributed by atoms with Crippen molar-refractivity contribution in [3.05, 3.63) is 48.2 Å². The second kappa shape index (κ2) is 6.83. The predicted octanol–water partition coefficient (Wildman–Crippen LogP) is 3.32. The number of aldehydes is 1. The monoisotopic (exact) mass is 327 g/mol. The van der Waals surface area contributed by atoms with Crippen molar-refractivity contribution in [3.63, 3.8) is 0 Å². The Morgan fingerprint density at radius 1 is 1.30 bits per heavy atom. The molecular weight excluding hydrogens is 310 g/mol. The first-order valence-electron chi connectivity index (χ1n) is 7.34. The number of carbonyl (C=O) groups is 1. The van der Waals surface area contributed by atoms with E-state index in [0.717, 1.165) is 40.0 Å². The van der Waals surface area contributed by atoms with Crippen LogP contribution in [0.3, 0.4) is 0 Å². The van der Waals surface area contributed by atoms with Gasteiger partial charge in [0.1, 0.15) is 23.1 Å². The molecule has 3 rings (SSSR count). The van der Waals surface area contributed by atoms with E-state index in [9.17, 15) is 4.79 Å². The lowest BCUT2D eigenvalue weighted by atomic mass is 10.1. The summed E-state index contributed by atoms with van der Waals surface area (Å²) in [4.78, 5) is 22.5. The molecule has 1 aromatic heterocycles. The number of thioether (sulfide) groups is 1. The van der Waals surface area contributed by atoms with Crippen molar-refractivity contribution < 1.29 is 9.53 Å². The van der Waals surface area contributed by atoms with Gasteiger partial charge < -0.3 is 14.4 Å². The fourth-order valence-electron chi connectivity index (χ4n) is 2.43. The second-order valence-electron chi connectivity index (χ2n) is 4.93. The molecule has 0 amide bonds. The number of rotatable bonds is 4. The maximum absolute atomic E-state index is 11.4. The molecule has 23 heavy (non-hydrogen) atoms. The summed E-state index contributed by atoms with van der Waals surface area (Å²) in [6.45, 7) is 2.79. The smallest absolute Gasteiger partial charge is 0.171 e. The van der Waals surface area contributed by atoms with Gasteiger partial charge in [-0.15, -0.1) is 0 Å². The normalized spacial score (nSPS) is 16.3. The van der Waals surface area contributed by atoms with Gasteiger partial charge in [-0.3, -0.25) is 0 Å². The van der Waals surface area contributed by atoms with Gasteiger partial charge in [-0.25, -0.2) is 9.98 Å². The highest BCUT2D eigenvalue weighted by Crippen LogP contribution is 2.36. The second-order valence-corrected chi connectivity index (χ2v) is 5.89. The number of hydrogen-bond acceptors (Lipinski definition) is 6. The van der Waals surface area contributed by atoms with Crippen molar-refractivity contribution in [2.24, 2.45) is 4.99 Å². The number of ether oxygens (including phenoxy) is 1. The number of aliphatic imine (C=N–C) groups is 1. The average molecular weight is 327 g/mol. The SMILES string of the molecule is CCN(C1=NC(C=O)c2cccnc2S1)c1ccc(OC)cc1. The van der Waals surface area contributed by atoms with Gasteiger partial charge in [0, 0.05) is 24.0 Å². The minimum absolute atomic E-state index is 0.498. The van der Waals surface area contributed by atoms with Gasteiger partial charge in [-0.1, -0.05) is 6.07 Å². The molecule has 0 N–H and O–H groups in total. The number of aromatic nitrogens is 1. The van der Waals surface area contributed by atoms with Crippen LogP contribution in [0.15, 0.2) is 52.6 Å². The molecule has 0 radical (unpaired) electrons. The quantitative estimate of drug-likeness (QED) is 0.806. The molecule has 1 aliphatic heterocycles. The Morgan fingerprint density at radius 3 is 2.74 bits per heavy atom. The van der Waals surface area contributed by atoms with Crippen LogP contribution in [0.2, 0.25) is 0 Å². The number of fused-ring (bicyclic) bond motifs is 1. The fraction of sp³-hybridized carbons (Fsp3) is 0.235. The third-order valence-electron chi connectivity index (χ3n) is 3.62. The summed E-state index contributed by atoms with van der Waals surface area (Å²) >= 11 is 1.49. The molecule has 0 saturated carbocycles. The lowest BCUT2D eigenvalue weighted by Crippen LogP contribution is -2.30. The maximum atomic E-state index is 11.4. The van der Waals surface area contributed by atoms with Gasteiger partial charge in [-0.2, -0.15) is 0 Å². The van der Waals surface area contributed by atoms with E-state index < -0.39 is 6.04 Å². The van der Waals surface area contributed by atoms with Crippen molar-refractivity contribution in [3.8, 4) is 5.75 Å². The fourth-order valence-corrected chi connectivity index (χ4v) is 3.54. The molecule has 1 aliphatic rings. The Morgan fingerprint density at radius 2 is 2.09 bits per heavy atom. The zero-order valence-electron chi connectivity index (χ0n) is 13.0. The Hall–Kier alpha value is -2.34. The summed E-state index contributed by atoms with van der Waals surface area (Å²) in [5, 5.41) is 1.61. The summed E-state index contributed by atoms with van der Waals surface area (Å²) in [5.41, 5.74) is 1.87. The van der Waals surface area contributed by atoms with E-state index in [1.807, 2.05) is 36.4 Å². The highest BCUT2D eigenvalue weighted by Gasteiger charge is 2.26. The van der Waals surface area contributed by atoms with Crippen LogP contribution < -0.4 is 9.64 Å². The van der Waals surface area contributed by atoms with Crippen LogP contribution in [0.1, 0.15) is 18.5 Å². The molecule has 2 heterocycles. The molecule has 1 atom stereocenters. The molecule has 0 fully saturated rings. The highest BCUT2D eigenvalue weighted by molar-refractivity contribution is 8.14. The zero-order valence-corrected chi connectivity index (χ0v) is 13.8. The van der Waals surface area contributed by atoms with Gasteiger partial charge in [0.15, 0.2) is 5.17 Å². The molecule has 1 aromatic carbocycles. The number of hydrogen-bond donors (Lipinski definition) is 0. The maximum Gasteiger partial charge on any atom is 0.171 e. The molecule has 0 spiro atoms. The van der Waals surface area contributed by atoms with Gasteiger partial charge in [0.25, 0.3) is 0 Å². The molecule has 2 aromatic rings. The first kappa shape index (κ1) is 15.6. The predicted molar refractivity (Wildman–Crippen MR) is 92.3 cm³/mol. The minimum atomic E-state index is -0.498. The molecule has 118 valence electrons. The van der Waals surface area contributed by atoms with E-state index in [0.29, 0.717) is 0 Å². The van der Waals surface area contributed by atoms with Crippen LogP contribution in [0.5, 0.6) is 5.75 Å². The molecule has 1 unspecified atom stereocenters. The van der Waals surface area contributed by atoms with Gasteiger partial charge in [0.2, 0.25) is 0 Å². The third-order valence-corrected chi connectivity index (χ3v) is 4.66. The zero-order chi connectivity index (χ0) is 16.2. The number of benzene rings is 1. The molecule has 6 heteroatoms. The van der Waals surface area contributed by atoms with Crippen LogP contribution in [0.4, 0.5) is 5.69 Å².